The summed E-state index contributed by atoms with van der Waals surface area (Å²) in [6.45, 7) is 7.17. The van der Waals surface area contributed by atoms with E-state index in [0.717, 1.165) is 25.3 Å². The van der Waals surface area contributed by atoms with Crippen molar-refractivity contribution in [2.45, 2.75) is 37.1 Å². The Morgan fingerprint density at radius 2 is 2.00 bits per heavy atom. The summed E-state index contributed by atoms with van der Waals surface area (Å²) in [5.74, 6) is 1.34. The van der Waals surface area contributed by atoms with Crippen LogP contribution >= 0.6 is 11.6 Å². The number of sulfonamides is 1. The van der Waals surface area contributed by atoms with Crippen LogP contribution in [0.5, 0.6) is 5.75 Å². The highest BCUT2D eigenvalue weighted by Crippen LogP contribution is 2.26. The number of nitrogens with one attached hydrogen (secondary N) is 1. The normalized spacial score (nSPS) is 17.9. The predicted molar refractivity (Wildman–Crippen MR) is 113 cm³/mol. The van der Waals surface area contributed by atoms with Crippen molar-refractivity contribution in [3.8, 4) is 5.75 Å². The number of rotatable bonds is 8. The zero-order valence-electron chi connectivity index (χ0n) is 16.3. The number of hydrogen-bond acceptors (Lipinski definition) is 4. The maximum absolute atomic E-state index is 12.5. The third-order valence-electron chi connectivity index (χ3n) is 4.91. The lowest BCUT2D eigenvalue weighted by Crippen LogP contribution is -2.37. The van der Waals surface area contributed by atoms with Crippen LogP contribution in [-0.4, -0.2) is 45.6 Å². The third-order valence-corrected chi connectivity index (χ3v) is 6.66. The van der Waals surface area contributed by atoms with E-state index in [9.17, 15) is 8.42 Å². The molecule has 28 heavy (non-hydrogen) atoms. The zero-order valence-corrected chi connectivity index (χ0v) is 17.8. The van der Waals surface area contributed by atoms with E-state index in [1.165, 1.54) is 11.6 Å². The van der Waals surface area contributed by atoms with Gasteiger partial charge in [-0.3, -0.25) is 4.90 Å². The van der Waals surface area contributed by atoms with E-state index in [-0.39, 0.29) is 10.9 Å². The van der Waals surface area contributed by atoms with Crippen molar-refractivity contribution >= 4 is 21.6 Å². The van der Waals surface area contributed by atoms with Crippen molar-refractivity contribution in [2.24, 2.45) is 0 Å². The Kier molecular flexibility index (Phi) is 6.99. The maximum atomic E-state index is 12.5. The molecule has 0 aromatic heterocycles. The number of halogens is 1. The molecule has 1 heterocycles. The van der Waals surface area contributed by atoms with Gasteiger partial charge in [-0.05, 0) is 48.7 Å². The molecule has 1 aliphatic rings. The molecule has 1 aliphatic heterocycles. The lowest BCUT2D eigenvalue weighted by Gasteiger charge is -2.18. The predicted octanol–water partition coefficient (Wildman–Crippen LogP) is 3.90. The van der Waals surface area contributed by atoms with E-state index in [1.807, 2.05) is 18.2 Å². The average molecular weight is 423 g/mol. The Bertz CT molecular complexity index is 902. The molecule has 0 aliphatic carbocycles. The summed E-state index contributed by atoms with van der Waals surface area (Å²) >= 11 is 5.91. The molecule has 0 saturated carbocycles. The monoisotopic (exact) mass is 422 g/mol. The Balaban J connectivity index is 1.50. The Morgan fingerprint density at radius 1 is 1.21 bits per heavy atom. The van der Waals surface area contributed by atoms with Crippen LogP contribution < -0.4 is 9.46 Å². The fourth-order valence-electron chi connectivity index (χ4n) is 3.43. The quantitative estimate of drug-likeness (QED) is 0.701. The molecule has 0 bridgehead atoms. The summed E-state index contributed by atoms with van der Waals surface area (Å²) in [7, 11) is -3.56. The lowest BCUT2D eigenvalue weighted by atomic mass is 10.0. The molecule has 2 aromatic carbocycles. The largest absolute Gasteiger partial charge is 0.492 e. The molecule has 1 unspecified atom stereocenters. The van der Waals surface area contributed by atoms with Crippen molar-refractivity contribution in [1.82, 2.24) is 9.62 Å². The standard InChI is InChI=1S/C21H27ClN2O3S/c1-16(2)20-8-3-4-9-21(20)27-13-12-24-11-10-18(15-24)23-28(25,26)19-7-5-6-17(22)14-19/h3-9,14,16,18,23H,10-13,15H2,1-2H3. The molecule has 5 nitrogen and oxygen atoms in total. The molecular weight excluding hydrogens is 396 g/mol. The summed E-state index contributed by atoms with van der Waals surface area (Å²) in [5.41, 5.74) is 1.20. The minimum Gasteiger partial charge on any atom is -0.492 e. The van der Waals surface area contributed by atoms with Gasteiger partial charge in [0.2, 0.25) is 10.0 Å². The molecule has 1 fully saturated rings. The van der Waals surface area contributed by atoms with Crippen molar-refractivity contribution < 1.29 is 13.2 Å². The van der Waals surface area contributed by atoms with Crippen LogP contribution in [0.3, 0.4) is 0 Å². The van der Waals surface area contributed by atoms with Crippen LogP contribution in [0.1, 0.15) is 31.7 Å². The van der Waals surface area contributed by atoms with E-state index in [0.29, 0.717) is 24.1 Å². The van der Waals surface area contributed by atoms with Crippen molar-refractivity contribution in [2.75, 3.05) is 26.2 Å². The zero-order chi connectivity index (χ0) is 20.1. The Labute approximate surface area is 172 Å². The molecular formula is C21H27ClN2O3S. The van der Waals surface area contributed by atoms with Crippen LogP contribution in [0, 0.1) is 0 Å². The number of benzene rings is 2. The molecule has 0 spiro atoms. The summed E-state index contributed by atoms with van der Waals surface area (Å²) in [6.07, 6.45) is 0.780. The second-order valence-corrected chi connectivity index (χ2v) is 9.56. The number of para-hydroxylation sites is 1. The van der Waals surface area contributed by atoms with Crippen molar-refractivity contribution in [1.29, 1.82) is 0 Å². The fraction of sp³-hybridized carbons (Fsp3) is 0.429. The highest BCUT2D eigenvalue weighted by molar-refractivity contribution is 7.89. The summed E-state index contributed by atoms with van der Waals surface area (Å²) < 4.78 is 33.8. The van der Waals surface area contributed by atoms with Gasteiger partial charge in [0, 0.05) is 24.2 Å². The SMILES string of the molecule is CC(C)c1ccccc1OCCN1CCC(NS(=O)(=O)c2cccc(Cl)c2)C1. The minimum atomic E-state index is -3.56. The molecule has 7 heteroatoms. The first kappa shape index (κ1) is 21.1. The molecule has 3 rings (SSSR count). The van der Waals surface area contributed by atoms with Crippen LogP contribution in [0.15, 0.2) is 53.4 Å². The van der Waals surface area contributed by atoms with Gasteiger partial charge in [0.25, 0.3) is 0 Å². The first-order valence-corrected chi connectivity index (χ1v) is 11.4. The Morgan fingerprint density at radius 3 is 2.75 bits per heavy atom. The van der Waals surface area contributed by atoms with Crippen LogP contribution in [0.4, 0.5) is 0 Å². The molecule has 152 valence electrons. The Hall–Kier alpha value is -1.60. The van der Waals surface area contributed by atoms with Gasteiger partial charge < -0.3 is 4.74 Å². The van der Waals surface area contributed by atoms with Crippen LogP contribution in [0.25, 0.3) is 0 Å². The van der Waals surface area contributed by atoms with Gasteiger partial charge in [-0.2, -0.15) is 0 Å². The van der Waals surface area contributed by atoms with Gasteiger partial charge in [0.1, 0.15) is 12.4 Å². The smallest absolute Gasteiger partial charge is 0.240 e. The van der Waals surface area contributed by atoms with Crippen LogP contribution in [-0.2, 0) is 10.0 Å². The summed E-state index contributed by atoms with van der Waals surface area (Å²) in [5, 5.41) is 0.412. The van der Waals surface area contributed by atoms with Gasteiger partial charge >= 0.3 is 0 Å². The first-order valence-electron chi connectivity index (χ1n) is 9.57. The molecule has 2 aromatic rings. The summed E-state index contributed by atoms with van der Waals surface area (Å²) in [6, 6.07) is 14.3. The lowest BCUT2D eigenvalue weighted by molar-refractivity contribution is 0.234. The summed E-state index contributed by atoms with van der Waals surface area (Å²) in [4.78, 5) is 2.43. The van der Waals surface area contributed by atoms with Gasteiger partial charge in [-0.15, -0.1) is 0 Å². The molecule has 0 amide bonds. The number of hydrogen-bond donors (Lipinski definition) is 1. The second kappa shape index (κ2) is 9.27. The van der Waals surface area contributed by atoms with Crippen molar-refractivity contribution in [3.63, 3.8) is 0 Å². The highest BCUT2D eigenvalue weighted by Gasteiger charge is 2.27. The topological polar surface area (TPSA) is 58.6 Å². The first-order chi connectivity index (χ1) is 13.3. The van der Waals surface area contributed by atoms with Gasteiger partial charge in [0.15, 0.2) is 0 Å². The van der Waals surface area contributed by atoms with Gasteiger partial charge in [-0.1, -0.05) is 49.7 Å². The van der Waals surface area contributed by atoms with Gasteiger partial charge in [-0.25, -0.2) is 13.1 Å². The van der Waals surface area contributed by atoms with E-state index < -0.39 is 10.0 Å². The van der Waals surface area contributed by atoms with Crippen molar-refractivity contribution in [3.05, 3.63) is 59.1 Å². The molecule has 1 atom stereocenters. The van der Waals surface area contributed by atoms with E-state index in [2.05, 4.69) is 29.5 Å². The maximum Gasteiger partial charge on any atom is 0.240 e. The molecule has 0 radical (unpaired) electrons. The van der Waals surface area contributed by atoms with Crippen LogP contribution in [0.2, 0.25) is 5.02 Å². The number of ether oxygens (including phenoxy) is 1. The molecule has 1 saturated heterocycles. The fourth-order valence-corrected chi connectivity index (χ4v) is 4.99. The third kappa shape index (κ3) is 5.47. The number of likely N-dealkylation sites (tertiary alicyclic amines) is 1. The van der Waals surface area contributed by atoms with E-state index >= 15 is 0 Å². The van der Waals surface area contributed by atoms with Gasteiger partial charge in [0.05, 0.1) is 4.90 Å². The average Bonchev–Trinajstić information content (AvgIpc) is 3.08. The minimum absolute atomic E-state index is 0.105. The van der Waals surface area contributed by atoms with E-state index in [4.69, 9.17) is 16.3 Å². The van der Waals surface area contributed by atoms with E-state index in [1.54, 1.807) is 18.2 Å². The highest BCUT2D eigenvalue weighted by atomic mass is 35.5. The number of nitrogens with zero attached hydrogens (tertiary/aromatic N) is 1. The second-order valence-electron chi connectivity index (χ2n) is 7.41. The molecule has 1 N–H and O–H groups in total.